The van der Waals surface area contributed by atoms with E-state index in [1.165, 1.54) is 12.1 Å². The van der Waals surface area contributed by atoms with Gasteiger partial charge in [0, 0.05) is 35.6 Å². The molecule has 2 aliphatic rings. The minimum absolute atomic E-state index is 0.0548. The van der Waals surface area contributed by atoms with E-state index in [9.17, 15) is 17.6 Å². The average molecular weight is 419 g/mol. The minimum Gasteiger partial charge on any atom is -0.344 e. The molecule has 0 spiro atoms. The van der Waals surface area contributed by atoms with E-state index < -0.39 is 9.84 Å². The molecule has 29 heavy (non-hydrogen) atoms. The Bertz CT molecular complexity index is 1020. The lowest BCUT2D eigenvalue weighted by Gasteiger charge is -2.21. The Balaban J connectivity index is 1.51. The first kappa shape index (κ1) is 20.3. The zero-order valence-electron chi connectivity index (χ0n) is 16.9. The highest BCUT2D eigenvalue weighted by Crippen LogP contribution is 2.31. The van der Waals surface area contributed by atoms with Crippen LogP contribution in [0.2, 0.25) is 0 Å². The van der Waals surface area contributed by atoms with Crippen LogP contribution < -0.4 is 0 Å². The number of nitrogens with zero attached hydrogens (tertiary/aromatic N) is 2. The van der Waals surface area contributed by atoms with Crippen LogP contribution in [0.15, 0.2) is 30.3 Å². The molecule has 2 heterocycles. The summed E-state index contributed by atoms with van der Waals surface area (Å²) in [5, 5.41) is 0. The van der Waals surface area contributed by atoms with Gasteiger partial charge in [0.2, 0.25) is 0 Å². The molecule has 2 aromatic rings. The van der Waals surface area contributed by atoms with Crippen molar-refractivity contribution in [3.63, 3.8) is 0 Å². The second-order valence-electron chi connectivity index (χ2n) is 8.40. The molecular weight excluding hydrogens is 391 g/mol. The van der Waals surface area contributed by atoms with Gasteiger partial charge in [-0.2, -0.15) is 0 Å². The van der Waals surface area contributed by atoms with Gasteiger partial charge in [0.05, 0.1) is 18.1 Å². The van der Waals surface area contributed by atoms with Crippen molar-refractivity contribution in [3.8, 4) is 0 Å². The van der Waals surface area contributed by atoms with Gasteiger partial charge in [0.25, 0.3) is 0 Å². The standard InChI is InChI=1S/C22H27FN2O3S/c1-15-11-21(16(2)25(15)20-9-10-29(27,28)14-20)22(26)13-24(19-7-8-19)12-17-3-5-18(23)6-4-17/h3-6,11,19-20H,7-10,12-14H2,1-2H3. The molecule has 0 amide bonds. The summed E-state index contributed by atoms with van der Waals surface area (Å²) in [6.45, 7) is 4.78. The lowest BCUT2D eigenvalue weighted by Crippen LogP contribution is -2.31. The number of hydrogen-bond acceptors (Lipinski definition) is 4. The van der Waals surface area contributed by atoms with E-state index in [-0.39, 0.29) is 29.1 Å². The number of rotatable bonds is 7. The molecule has 7 heteroatoms. The largest absolute Gasteiger partial charge is 0.344 e. The monoisotopic (exact) mass is 418 g/mol. The van der Waals surface area contributed by atoms with Crippen LogP contribution in [0, 0.1) is 19.7 Å². The van der Waals surface area contributed by atoms with Crippen LogP contribution in [-0.2, 0) is 16.4 Å². The van der Waals surface area contributed by atoms with Gasteiger partial charge in [0.15, 0.2) is 15.6 Å². The maximum absolute atomic E-state index is 13.2. The normalized spacial score (nSPS) is 21.0. The maximum atomic E-state index is 13.2. The van der Waals surface area contributed by atoms with Gasteiger partial charge in [-0.3, -0.25) is 9.69 Å². The van der Waals surface area contributed by atoms with Crippen molar-refractivity contribution in [2.75, 3.05) is 18.1 Å². The van der Waals surface area contributed by atoms with Crippen molar-refractivity contribution in [1.82, 2.24) is 9.47 Å². The third-order valence-electron chi connectivity index (χ3n) is 6.07. The topological polar surface area (TPSA) is 59.4 Å². The molecule has 4 rings (SSSR count). The molecule has 2 fully saturated rings. The average Bonchev–Trinajstić information content (AvgIpc) is 3.38. The predicted molar refractivity (Wildman–Crippen MR) is 110 cm³/mol. The lowest BCUT2D eigenvalue weighted by atomic mass is 10.1. The zero-order valence-corrected chi connectivity index (χ0v) is 17.7. The third-order valence-corrected chi connectivity index (χ3v) is 7.82. The molecular formula is C22H27FN2O3S. The molecule has 5 nitrogen and oxygen atoms in total. The Labute approximate surface area is 171 Å². The van der Waals surface area contributed by atoms with Crippen molar-refractivity contribution in [2.24, 2.45) is 0 Å². The fraction of sp³-hybridized carbons (Fsp3) is 0.500. The number of ketones is 1. The van der Waals surface area contributed by atoms with E-state index in [1.807, 2.05) is 24.5 Å². The van der Waals surface area contributed by atoms with E-state index in [2.05, 4.69) is 4.90 Å². The molecule has 0 bridgehead atoms. The molecule has 1 atom stereocenters. The minimum atomic E-state index is -2.99. The van der Waals surface area contributed by atoms with Gasteiger partial charge in [0.1, 0.15) is 5.82 Å². The number of aryl methyl sites for hydroxylation is 1. The smallest absolute Gasteiger partial charge is 0.178 e. The van der Waals surface area contributed by atoms with E-state index in [4.69, 9.17) is 0 Å². The zero-order chi connectivity index (χ0) is 20.8. The van der Waals surface area contributed by atoms with Crippen molar-refractivity contribution in [1.29, 1.82) is 0 Å². The SMILES string of the molecule is Cc1cc(C(=O)CN(Cc2ccc(F)cc2)C2CC2)c(C)n1C1CCS(=O)(=O)C1. The van der Waals surface area contributed by atoms with Crippen LogP contribution in [0.25, 0.3) is 0 Å². The third kappa shape index (κ3) is 4.46. The van der Waals surface area contributed by atoms with Crippen molar-refractivity contribution < 1.29 is 17.6 Å². The molecule has 1 saturated heterocycles. The molecule has 1 saturated carbocycles. The highest BCUT2D eigenvalue weighted by molar-refractivity contribution is 7.91. The molecule has 1 aromatic carbocycles. The predicted octanol–water partition coefficient (Wildman–Crippen LogP) is 3.45. The Morgan fingerprint density at radius 3 is 2.45 bits per heavy atom. The molecule has 1 unspecified atom stereocenters. The lowest BCUT2D eigenvalue weighted by molar-refractivity contribution is 0.0918. The Hall–Kier alpha value is -1.99. The summed E-state index contributed by atoms with van der Waals surface area (Å²) < 4.78 is 39.0. The summed E-state index contributed by atoms with van der Waals surface area (Å²) in [4.78, 5) is 15.3. The fourth-order valence-electron chi connectivity index (χ4n) is 4.45. The Morgan fingerprint density at radius 2 is 1.86 bits per heavy atom. The van der Waals surface area contributed by atoms with E-state index in [1.54, 1.807) is 12.1 Å². The Kier molecular flexibility index (Phi) is 5.38. The van der Waals surface area contributed by atoms with Gasteiger partial charge in [-0.05, 0) is 56.9 Å². The summed E-state index contributed by atoms with van der Waals surface area (Å²) in [6.07, 6.45) is 2.76. The molecule has 156 valence electrons. The highest BCUT2D eigenvalue weighted by Gasteiger charge is 2.33. The number of hydrogen-bond donors (Lipinski definition) is 0. The number of carbonyl (C=O) groups excluding carboxylic acids is 1. The van der Waals surface area contributed by atoms with Crippen LogP contribution in [0.4, 0.5) is 4.39 Å². The van der Waals surface area contributed by atoms with Gasteiger partial charge in [-0.25, -0.2) is 12.8 Å². The van der Waals surface area contributed by atoms with Gasteiger partial charge < -0.3 is 4.57 Å². The van der Waals surface area contributed by atoms with Crippen LogP contribution in [0.1, 0.15) is 52.6 Å². The number of halogens is 1. The van der Waals surface area contributed by atoms with Crippen LogP contribution in [0.5, 0.6) is 0 Å². The second-order valence-corrected chi connectivity index (χ2v) is 10.6. The second kappa shape index (κ2) is 7.69. The number of benzene rings is 1. The van der Waals surface area contributed by atoms with Crippen molar-refractivity contribution >= 4 is 15.6 Å². The molecule has 0 radical (unpaired) electrons. The molecule has 0 N–H and O–H groups in total. The first-order valence-corrected chi connectivity index (χ1v) is 12.0. The van der Waals surface area contributed by atoms with E-state index >= 15 is 0 Å². The first-order chi connectivity index (χ1) is 13.7. The quantitative estimate of drug-likeness (QED) is 0.646. The number of Topliss-reactive ketones (excluding diaryl/α,β-unsaturated/α-hetero) is 1. The molecule has 1 aliphatic carbocycles. The maximum Gasteiger partial charge on any atom is 0.178 e. The van der Waals surface area contributed by atoms with E-state index in [0.29, 0.717) is 31.1 Å². The summed E-state index contributed by atoms with van der Waals surface area (Å²) in [5.41, 5.74) is 3.46. The Morgan fingerprint density at radius 1 is 1.17 bits per heavy atom. The number of carbonyl (C=O) groups is 1. The summed E-state index contributed by atoms with van der Waals surface area (Å²) in [7, 11) is -2.99. The van der Waals surface area contributed by atoms with Crippen LogP contribution in [0.3, 0.4) is 0 Å². The summed E-state index contributed by atoms with van der Waals surface area (Å²) >= 11 is 0. The van der Waals surface area contributed by atoms with Crippen molar-refractivity contribution in [3.05, 3.63) is 58.7 Å². The van der Waals surface area contributed by atoms with Gasteiger partial charge in [-0.1, -0.05) is 12.1 Å². The van der Waals surface area contributed by atoms with Crippen LogP contribution >= 0.6 is 0 Å². The molecule has 1 aromatic heterocycles. The van der Waals surface area contributed by atoms with E-state index in [0.717, 1.165) is 29.8 Å². The fourth-order valence-corrected chi connectivity index (χ4v) is 6.15. The highest BCUT2D eigenvalue weighted by atomic mass is 32.2. The number of aromatic nitrogens is 1. The summed E-state index contributed by atoms with van der Waals surface area (Å²) in [5.74, 6) is 0.157. The first-order valence-electron chi connectivity index (χ1n) is 10.1. The van der Waals surface area contributed by atoms with Crippen LogP contribution in [-0.4, -0.2) is 47.8 Å². The summed E-state index contributed by atoms with van der Waals surface area (Å²) in [6, 6.07) is 8.64. The van der Waals surface area contributed by atoms with Crippen molar-refractivity contribution in [2.45, 2.75) is 51.7 Å². The van der Waals surface area contributed by atoms with Gasteiger partial charge in [-0.15, -0.1) is 0 Å². The van der Waals surface area contributed by atoms with Gasteiger partial charge >= 0.3 is 0 Å². The molecule has 1 aliphatic heterocycles. The number of sulfone groups is 1.